The Morgan fingerprint density at radius 2 is 1.60 bits per heavy atom. The van der Waals surface area contributed by atoms with Gasteiger partial charge in [-0.3, -0.25) is 0 Å². The molecule has 102 valence electrons. The predicted molar refractivity (Wildman–Crippen MR) is 81.6 cm³/mol. The van der Waals surface area contributed by atoms with E-state index in [9.17, 15) is 4.91 Å². The third-order valence-corrected chi connectivity index (χ3v) is 2.87. The molecular weight excluding hydrogens is 252 g/mol. The van der Waals surface area contributed by atoms with Crippen molar-refractivity contribution < 1.29 is 0 Å². The van der Waals surface area contributed by atoms with Crippen molar-refractivity contribution in [2.45, 2.75) is 6.92 Å². The highest BCUT2D eigenvalue weighted by Gasteiger charge is 2.02. The fraction of sp³-hybridized carbons (Fsp3) is 0.200. The Hall–Kier alpha value is -2.56. The molecule has 0 saturated carbocycles. The van der Waals surface area contributed by atoms with Crippen molar-refractivity contribution in [2.24, 2.45) is 15.4 Å². The van der Waals surface area contributed by atoms with Crippen LogP contribution in [0.3, 0.4) is 0 Å². The normalized spacial score (nSPS) is 10.8. The van der Waals surface area contributed by atoms with Crippen LogP contribution in [0.15, 0.2) is 57.9 Å². The molecule has 20 heavy (non-hydrogen) atoms. The number of aryl methyl sites for hydroxylation is 1. The molecule has 0 fully saturated rings. The van der Waals surface area contributed by atoms with Gasteiger partial charge < -0.3 is 4.90 Å². The quantitative estimate of drug-likeness (QED) is 0.586. The maximum absolute atomic E-state index is 10.8. The highest BCUT2D eigenvalue weighted by molar-refractivity contribution is 5.62. The summed E-state index contributed by atoms with van der Waals surface area (Å²) in [4.78, 5) is 12.8. The number of azo groups is 1. The van der Waals surface area contributed by atoms with Crippen molar-refractivity contribution in [3.05, 3.63) is 52.9 Å². The second-order valence-electron chi connectivity index (χ2n) is 4.69. The summed E-state index contributed by atoms with van der Waals surface area (Å²) in [7, 11) is 3.95. The summed E-state index contributed by atoms with van der Waals surface area (Å²) in [5.74, 6) is 0. The second kappa shape index (κ2) is 6.06. The van der Waals surface area contributed by atoms with Gasteiger partial charge in [-0.05, 0) is 54.1 Å². The molecule has 2 aromatic rings. The van der Waals surface area contributed by atoms with Gasteiger partial charge in [0.05, 0.1) is 5.69 Å². The zero-order valence-electron chi connectivity index (χ0n) is 11.7. The Morgan fingerprint density at radius 1 is 0.900 bits per heavy atom. The van der Waals surface area contributed by atoms with Crippen LogP contribution < -0.4 is 4.90 Å². The average molecular weight is 268 g/mol. The summed E-state index contributed by atoms with van der Waals surface area (Å²) in [5, 5.41) is 11.2. The van der Waals surface area contributed by atoms with E-state index >= 15 is 0 Å². The molecule has 0 aliphatic carbocycles. The van der Waals surface area contributed by atoms with Gasteiger partial charge in [-0.15, -0.1) is 10.0 Å². The van der Waals surface area contributed by atoms with Crippen LogP contribution in [0, 0.1) is 11.8 Å². The monoisotopic (exact) mass is 268 g/mol. The van der Waals surface area contributed by atoms with Crippen LogP contribution in [0.1, 0.15) is 5.56 Å². The number of hydrogen-bond donors (Lipinski definition) is 0. The molecule has 2 rings (SSSR count). The molecule has 0 spiro atoms. The summed E-state index contributed by atoms with van der Waals surface area (Å²) < 4.78 is 0. The summed E-state index contributed by atoms with van der Waals surface area (Å²) in [6.07, 6.45) is 0. The van der Waals surface area contributed by atoms with Crippen LogP contribution in [0.25, 0.3) is 0 Å². The third kappa shape index (κ3) is 3.26. The molecule has 5 nitrogen and oxygen atoms in total. The molecule has 0 bridgehead atoms. The van der Waals surface area contributed by atoms with Crippen LogP contribution >= 0.6 is 0 Å². The van der Waals surface area contributed by atoms with Crippen molar-refractivity contribution in [3.8, 4) is 0 Å². The Kier molecular flexibility index (Phi) is 4.20. The lowest BCUT2D eigenvalue weighted by atomic mass is 10.2. The third-order valence-electron chi connectivity index (χ3n) is 2.87. The van der Waals surface area contributed by atoms with Crippen LogP contribution in [0.5, 0.6) is 0 Å². The number of nitrogens with zero attached hydrogens (tertiary/aromatic N) is 4. The van der Waals surface area contributed by atoms with E-state index in [1.807, 2.05) is 56.3 Å². The Balaban J connectivity index is 2.23. The highest BCUT2D eigenvalue weighted by Crippen LogP contribution is 2.30. The van der Waals surface area contributed by atoms with Crippen molar-refractivity contribution >= 4 is 22.7 Å². The van der Waals surface area contributed by atoms with Gasteiger partial charge in [-0.2, -0.15) is 5.11 Å². The average Bonchev–Trinajstić information content (AvgIpc) is 2.46. The summed E-state index contributed by atoms with van der Waals surface area (Å²) in [6.45, 7) is 1.90. The molecule has 0 aliphatic rings. The second-order valence-corrected chi connectivity index (χ2v) is 4.69. The molecule has 0 aliphatic heterocycles. The fourth-order valence-electron chi connectivity index (χ4n) is 1.72. The van der Waals surface area contributed by atoms with Crippen molar-refractivity contribution in [1.82, 2.24) is 0 Å². The first-order valence-electron chi connectivity index (χ1n) is 6.23. The van der Waals surface area contributed by atoms with Gasteiger partial charge in [0, 0.05) is 19.8 Å². The van der Waals surface area contributed by atoms with Crippen LogP contribution in [0.2, 0.25) is 0 Å². The molecule has 0 unspecified atom stereocenters. The minimum atomic E-state index is 0.304. The molecule has 0 atom stereocenters. The van der Waals surface area contributed by atoms with E-state index in [2.05, 4.69) is 15.4 Å². The minimum absolute atomic E-state index is 0.304. The molecule has 0 aromatic heterocycles. The number of nitroso groups, excluding NO2 is 1. The molecule has 2 aromatic carbocycles. The van der Waals surface area contributed by atoms with Gasteiger partial charge in [0.25, 0.3) is 0 Å². The Bertz CT molecular complexity index is 633. The SMILES string of the molecule is Cc1ccc(N=Nc2ccc(N(C)C)cc2)c(N=O)c1. The van der Waals surface area contributed by atoms with Gasteiger partial charge in [0.2, 0.25) is 0 Å². The van der Waals surface area contributed by atoms with Gasteiger partial charge in [-0.1, -0.05) is 6.07 Å². The lowest BCUT2D eigenvalue weighted by molar-refractivity contribution is 1.13. The first kappa shape index (κ1) is 13.9. The van der Waals surface area contributed by atoms with Crippen LogP contribution in [0.4, 0.5) is 22.7 Å². The van der Waals surface area contributed by atoms with E-state index in [-0.39, 0.29) is 0 Å². The van der Waals surface area contributed by atoms with Crippen LogP contribution in [-0.4, -0.2) is 14.1 Å². The number of rotatable bonds is 4. The Labute approximate surface area is 117 Å². The first-order chi connectivity index (χ1) is 9.60. The van der Waals surface area contributed by atoms with E-state index in [1.165, 1.54) is 0 Å². The summed E-state index contributed by atoms with van der Waals surface area (Å²) >= 11 is 0. The highest BCUT2D eigenvalue weighted by atomic mass is 16.3. The lowest BCUT2D eigenvalue weighted by Crippen LogP contribution is -2.07. The largest absolute Gasteiger partial charge is 0.378 e. The van der Waals surface area contributed by atoms with Crippen LogP contribution in [-0.2, 0) is 0 Å². The van der Waals surface area contributed by atoms with Crippen molar-refractivity contribution in [3.63, 3.8) is 0 Å². The van der Waals surface area contributed by atoms with E-state index in [0.29, 0.717) is 11.4 Å². The molecule has 0 radical (unpaired) electrons. The standard InChI is InChI=1S/C15H16N4O/c1-11-4-9-14(15(10-11)18-20)17-16-12-5-7-13(8-6-12)19(2)3/h4-10H,1-3H3. The zero-order chi connectivity index (χ0) is 14.5. The first-order valence-corrected chi connectivity index (χ1v) is 6.23. The van der Waals surface area contributed by atoms with Gasteiger partial charge in [-0.25, -0.2) is 0 Å². The van der Waals surface area contributed by atoms with E-state index in [4.69, 9.17) is 0 Å². The molecule has 0 saturated heterocycles. The van der Waals surface area contributed by atoms with Gasteiger partial charge in [0.1, 0.15) is 11.4 Å². The molecule has 0 heterocycles. The molecule has 5 heteroatoms. The summed E-state index contributed by atoms with van der Waals surface area (Å²) in [5.41, 5.74) is 3.57. The lowest BCUT2D eigenvalue weighted by Gasteiger charge is -2.11. The number of hydrogen-bond acceptors (Lipinski definition) is 5. The Morgan fingerprint density at radius 3 is 2.20 bits per heavy atom. The maximum Gasteiger partial charge on any atom is 0.135 e. The molecule has 0 amide bonds. The van der Waals surface area contributed by atoms with E-state index in [0.717, 1.165) is 16.9 Å². The van der Waals surface area contributed by atoms with E-state index < -0.39 is 0 Å². The maximum atomic E-state index is 10.8. The summed E-state index contributed by atoms with van der Waals surface area (Å²) in [6, 6.07) is 13.0. The number of anilines is 1. The van der Waals surface area contributed by atoms with Gasteiger partial charge in [0.15, 0.2) is 0 Å². The smallest absolute Gasteiger partial charge is 0.135 e. The molecule has 0 N–H and O–H groups in total. The zero-order valence-corrected chi connectivity index (χ0v) is 11.7. The minimum Gasteiger partial charge on any atom is -0.378 e. The van der Waals surface area contributed by atoms with Crippen molar-refractivity contribution in [1.29, 1.82) is 0 Å². The number of benzene rings is 2. The van der Waals surface area contributed by atoms with Gasteiger partial charge >= 0.3 is 0 Å². The van der Waals surface area contributed by atoms with Crippen molar-refractivity contribution in [2.75, 3.05) is 19.0 Å². The van der Waals surface area contributed by atoms with E-state index in [1.54, 1.807) is 12.1 Å². The topological polar surface area (TPSA) is 57.4 Å². The molecular formula is C15H16N4O. The fourth-order valence-corrected chi connectivity index (χ4v) is 1.72. The predicted octanol–water partition coefficient (Wildman–Crippen LogP) is 4.87.